The van der Waals surface area contributed by atoms with Crippen molar-refractivity contribution >= 4 is 39.1 Å². The van der Waals surface area contributed by atoms with Gasteiger partial charge in [0.1, 0.15) is 10.7 Å². The highest BCUT2D eigenvalue weighted by Crippen LogP contribution is 2.32. The van der Waals surface area contributed by atoms with Crippen molar-refractivity contribution in [2.45, 2.75) is 33.4 Å². The second-order valence-corrected chi connectivity index (χ2v) is 7.43. The van der Waals surface area contributed by atoms with E-state index in [1.165, 1.54) is 10.4 Å². The Balaban J connectivity index is 2.33. The van der Waals surface area contributed by atoms with E-state index in [-0.39, 0.29) is 0 Å². The number of nitrogen functional groups attached to an aromatic ring is 1. The zero-order valence-corrected chi connectivity index (χ0v) is 14.9. The van der Waals surface area contributed by atoms with Gasteiger partial charge < -0.3 is 5.43 Å². The third-order valence-electron chi connectivity index (χ3n) is 3.76. The van der Waals surface area contributed by atoms with Crippen molar-refractivity contribution in [2.24, 2.45) is 5.84 Å². The van der Waals surface area contributed by atoms with Gasteiger partial charge in [-0.1, -0.05) is 0 Å². The lowest BCUT2D eigenvalue weighted by atomic mass is 10.2. The Hall–Kier alpha value is -0.890. The molecule has 2 aromatic rings. The molecule has 0 saturated carbocycles. The Kier molecular flexibility index (Phi) is 5.43. The maximum Gasteiger partial charge on any atom is 0.152 e. The first-order valence-electron chi connectivity index (χ1n) is 6.90. The van der Waals surface area contributed by atoms with Crippen LogP contribution in [0.2, 0.25) is 0 Å². The van der Waals surface area contributed by atoms with Crippen molar-refractivity contribution in [3.63, 3.8) is 0 Å². The molecule has 0 aliphatic heterocycles. The third-order valence-corrected chi connectivity index (χ3v) is 5.68. The molecule has 1 atom stereocenters. The molecule has 0 aromatic carbocycles. The average Bonchev–Trinajstić information content (AvgIpc) is 2.73. The number of nitrogens with two attached hydrogens (primary N) is 1. The zero-order chi connectivity index (χ0) is 15.6. The van der Waals surface area contributed by atoms with Crippen LogP contribution >= 0.6 is 23.1 Å². The average molecular weight is 326 g/mol. The van der Waals surface area contributed by atoms with Gasteiger partial charge >= 0.3 is 0 Å². The summed E-state index contributed by atoms with van der Waals surface area (Å²) >= 11 is 3.55. The van der Waals surface area contributed by atoms with E-state index in [1.54, 1.807) is 11.3 Å². The summed E-state index contributed by atoms with van der Waals surface area (Å²) in [4.78, 5) is 13.8. The number of aryl methyl sites for hydroxylation is 2. The molecule has 0 amide bonds. The van der Waals surface area contributed by atoms with E-state index < -0.39 is 0 Å². The number of rotatable bonds is 6. The van der Waals surface area contributed by atoms with Crippen LogP contribution in [0, 0.1) is 13.8 Å². The summed E-state index contributed by atoms with van der Waals surface area (Å²) in [5, 5.41) is 1.04. The highest BCUT2D eigenvalue weighted by Gasteiger charge is 2.16. The lowest BCUT2D eigenvalue weighted by Crippen LogP contribution is -2.31. The van der Waals surface area contributed by atoms with Crippen molar-refractivity contribution in [1.29, 1.82) is 0 Å². The molecule has 1 unspecified atom stereocenters. The Morgan fingerprint density at radius 3 is 2.71 bits per heavy atom. The third kappa shape index (κ3) is 3.48. The van der Waals surface area contributed by atoms with Gasteiger partial charge in [0, 0.05) is 16.7 Å². The van der Waals surface area contributed by atoms with Gasteiger partial charge in [-0.25, -0.2) is 15.8 Å². The second kappa shape index (κ2) is 6.91. The minimum absolute atomic E-state index is 0.486. The number of thiophene rings is 1. The molecule has 0 fully saturated rings. The molecule has 2 aromatic heterocycles. The lowest BCUT2D eigenvalue weighted by molar-refractivity contribution is 0.263. The molecule has 2 rings (SSSR count). The monoisotopic (exact) mass is 325 g/mol. The van der Waals surface area contributed by atoms with Crippen LogP contribution in [-0.2, 0) is 6.54 Å². The molecule has 116 valence electrons. The van der Waals surface area contributed by atoms with Crippen LogP contribution in [-0.4, -0.2) is 40.0 Å². The van der Waals surface area contributed by atoms with Crippen molar-refractivity contribution < 1.29 is 0 Å². The molecular weight excluding hydrogens is 302 g/mol. The van der Waals surface area contributed by atoms with Crippen LogP contribution in [0.25, 0.3) is 10.2 Å². The topological polar surface area (TPSA) is 67.1 Å². The molecule has 0 spiro atoms. The van der Waals surface area contributed by atoms with Crippen molar-refractivity contribution in [3.8, 4) is 0 Å². The smallest absolute Gasteiger partial charge is 0.152 e. The first kappa shape index (κ1) is 16.5. The van der Waals surface area contributed by atoms with E-state index in [1.807, 2.05) is 11.8 Å². The normalized spacial score (nSPS) is 13.1. The number of nitrogens with one attached hydrogen (secondary N) is 1. The summed E-state index contributed by atoms with van der Waals surface area (Å²) in [6.45, 7) is 7.14. The van der Waals surface area contributed by atoms with E-state index in [0.29, 0.717) is 6.04 Å². The second-order valence-electron chi connectivity index (χ2n) is 5.32. The Bertz CT molecular complexity index is 625. The predicted molar refractivity (Wildman–Crippen MR) is 94.0 cm³/mol. The van der Waals surface area contributed by atoms with Gasteiger partial charge in [-0.2, -0.15) is 11.8 Å². The van der Waals surface area contributed by atoms with Crippen LogP contribution in [0.15, 0.2) is 0 Å². The number of hydrazine groups is 1. The fourth-order valence-corrected chi connectivity index (χ4v) is 4.00. The zero-order valence-electron chi connectivity index (χ0n) is 13.2. The first-order chi connectivity index (χ1) is 9.97. The number of fused-ring (bicyclic) bond motifs is 1. The summed E-state index contributed by atoms with van der Waals surface area (Å²) in [7, 11) is 2.11. The van der Waals surface area contributed by atoms with Crippen molar-refractivity contribution in [3.05, 3.63) is 16.3 Å². The quantitative estimate of drug-likeness (QED) is 0.629. The fourth-order valence-electron chi connectivity index (χ4n) is 2.22. The molecule has 0 saturated heterocycles. The van der Waals surface area contributed by atoms with Gasteiger partial charge in [-0.15, -0.1) is 11.3 Å². The Labute approximate surface area is 134 Å². The largest absolute Gasteiger partial charge is 0.308 e. The van der Waals surface area contributed by atoms with Crippen LogP contribution in [0.4, 0.5) is 5.82 Å². The summed E-state index contributed by atoms with van der Waals surface area (Å²) in [6.07, 6.45) is 2.13. The highest BCUT2D eigenvalue weighted by molar-refractivity contribution is 7.98. The van der Waals surface area contributed by atoms with Gasteiger partial charge in [-0.3, -0.25) is 4.90 Å². The molecule has 0 aliphatic rings. The van der Waals surface area contributed by atoms with E-state index >= 15 is 0 Å². The van der Waals surface area contributed by atoms with Gasteiger partial charge in [0.25, 0.3) is 0 Å². The number of nitrogens with zero attached hydrogens (tertiary/aromatic N) is 3. The SMILES string of the molecule is CSCC(C)N(C)Cc1nc(NN)c2c(C)c(C)sc2n1. The number of thioether (sulfide) groups is 1. The molecule has 0 bridgehead atoms. The number of hydrogen-bond acceptors (Lipinski definition) is 7. The van der Waals surface area contributed by atoms with Gasteiger partial charge in [0.2, 0.25) is 0 Å². The molecule has 0 radical (unpaired) electrons. The molecule has 3 N–H and O–H groups in total. The molecule has 21 heavy (non-hydrogen) atoms. The minimum atomic E-state index is 0.486. The predicted octanol–water partition coefficient (Wildman–Crippen LogP) is 2.78. The minimum Gasteiger partial charge on any atom is -0.308 e. The standard InChI is InChI=1S/C14H23N5S2/c1-8(7-20-5)19(4)6-11-16-13(18-15)12-9(2)10(3)21-14(12)17-11/h8H,6-7,15H2,1-5H3,(H,16,17,18). The van der Waals surface area contributed by atoms with E-state index in [2.05, 4.69) is 49.4 Å². The maximum atomic E-state index is 5.65. The fraction of sp³-hybridized carbons (Fsp3) is 0.571. The first-order valence-corrected chi connectivity index (χ1v) is 9.11. The van der Waals surface area contributed by atoms with E-state index in [0.717, 1.165) is 34.2 Å². The van der Waals surface area contributed by atoms with Gasteiger partial charge in [-0.05, 0) is 39.6 Å². The number of aromatic nitrogens is 2. The number of hydrogen-bond donors (Lipinski definition) is 2. The summed E-state index contributed by atoms with van der Waals surface area (Å²) in [5.74, 6) is 8.28. The highest BCUT2D eigenvalue weighted by atomic mass is 32.2. The molecule has 2 heterocycles. The van der Waals surface area contributed by atoms with Crippen LogP contribution in [0.5, 0.6) is 0 Å². The van der Waals surface area contributed by atoms with Gasteiger partial charge in [0.15, 0.2) is 5.82 Å². The summed E-state index contributed by atoms with van der Waals surface area (Å²) < 4.78 is 0. The lowest BCUT2D eigenvalue weighted by Gasteiger charge is -2.23. The molecular formula is C14H23N5S2. The molecule has 5 nitrogen and oxygen atoms in total. The summed E-state index contributed by atoms with van der Waals surface area (Å²) in [6, 6.07) is 0.486. The van der Waals surface area contributed by atoms with Crippen LogP contribution < -0.4 is 11.3 Å². The van der Waals surface area contributed by atoms with Crippen molar-refractivity contribution in [1.82, 2.24) is 14.9 Å². The number of anilines is 1. The maximum absolute atomic E-state index is 5.65. The molecule has 7 heteroatoms. The van der Waals surface area contributed by atoms with Gasteiger partial charge in [0.05, 0.1) is 11.9 Å². The van der Waals surface area contributed by atoms with Crippen LogP contribution in [0.3, 0.4) is 0 Å². The van der Waals surface area contributed by atoms with Crippen LogP contribution in [0.1, 0.15) is 23.2 Å². The Morgan fingerprint density at radius 2 is 2.10 bits per heavy atom. The Morgan fingerprint density at radius 1 is 1.38 bits per heavy atom. The summed E-state index contributed by atoms with van der Waals surface area (Å²) in [5.41, 5.74) is 3.93. The van der Waals surface area contributed by atoms with E-state index in [4.69, 9.17) is 10.8 Å². The van der Waals surface area contributed by atoms with Crippen molar-refractivity contribution in [2.75, 3.05) is 24.5 Å². The van der Waals surface area contributed by atoms with E-state index in [9.17, 15) is 0 Å². The molecule has 0 aliphatic carbocycles.